The van der Waals surface area contributed by atoms with Crippen LogP contribution in [0.1, 0.15) is 25.0 Å². The maximum Gasteiger partial charge on any atom is 0.0704 e. The molecule has 2 N–H and O–H groups in total. The lowest BCUT2D eigenvalue weighted by Crippen LogP contribution is -2.34. The first-order valence-corrected chi connectivity index (χ1v) is 5.59. The molecule has 2 heteroatoms. The highest BCUT2D eigenvalue weighted by Gasteiger charge is 2.12. The maximum atomic E-state index is 6.03. The van der Waals surface area contributed by atoms with Gasteiger partial charge in [0.15, 0.2) is 0 Å². The van der Waals surface area contributed by atoms with Gasteiger partial charge in [0.05, 0.1) is 5.52 Å². The van der Waals surface area contributed by atoms with Crippen molar-refractivity contribution in [3.8, 4) is 0 Å². The summed E-state index contributed by atoms with van der Waals surface area (Å²) in [4.78, 5) is 4.35. The molecule has 0 saturated heterocycles. The van der Waals surface area contributed by atoms with Crippen LogP contribution in [0.25, 0.3) is 10.9 Å². The number of benzene rings is 1. The Balaban J connectivity index is 2.47. The molecule has 0 unspecified atom stereocenters. The van der Waals surface area contributed by atoms with Crippen LogP contribution in [0.4, 0.5) is 0 Å². The summed E-state index contributed by atoms with van der Waals surface area (Å²) in [6.07, 6.45) is 2.74. The van der Waals surface area contributed by atoms with Crippen LogP contribution in [-0.2, 0) is 6.42 Å². The molecular formula is C14H18N2. The number of hydrogen-bond acceptors (Lipinski definition) is 2. The van der Waals surface area contributed by atoms with E-state index < -0.39 is 0 Å². The van der Waals surface area contributed by atoms with Crippen LogP contribution >= 0.6 is 0 Å². The lowest BCUT2D eigenvalue weighted by molar-refractivity contribution is 0.517. The number of aryl methyl sites for hydroxylation is 1. The zero-order chi connectivity index (χ0) is 11.8. The SMILES string of the molecule is Cc1ccnc2ccc(CC(C)(C)N)cc12. The molecule has 1 aromatic heterocycles. The van der Waals surface area contributed by atoms with Crippen LogP contribution in [-0.4, -0.2) is 10.5 Å². The summed E-state index contributed by atoms with van der Waals surface area (Å²) in [6.45, 7) is 6.21. The molecule has 2 aromatic rings. The minimum Gasteiger partial charge on any atom is -0.325 e. The van der Waals surface area contributed by atoms with Gasteiger partial charge in [-0.25, -0.2) is 0 Å². The van der Waals surface area contributed by atoms with E-state index in [-0.39, 0.29) is 5.54 Å². The van der Waals surface area contributed by atoms with Crippen molar-refractivity contribution in [3.63, 3.8) is 0 Å². The van der Waals surface area contributed by atoms with E-state index in [9.17, 15) is 0 Å². The fourth-order valence-corrected chi connectivity index (χ4v) is 1.97. The van der Waals surface area contributed by atoms with Crippen molar-refractivity contribution in [1.29, 1.82) is 0 Å². The van der Waals surface area contributed by atoms with E-state index >= 15 is 0 Å². The summed E-state index contributed by atoms with van der Waals surface area (Å²) in [6, 6.07) is 8.43. The van der Waals surface area contributed by atoms with Gasteiger partial charge in [0.2, 0.25) is 0 Å². The fourth-order valence-electron chi connectivity index (χ4n) is 1.97. The third-order valence-corrected chi connectivity index (χ3v) is 2.68. The molecule has 2 nitrogen and oxygen atoms in total. The monoisotopic (exact) mass is 214 g/mol. The number of rotatable bonds is 2. The number of pyridine rings is 1. The van der Waals surface area contributed by atoms with Gasteiger partial charge in [0, 0.05) is 17.1 Å². The Morgan fingerprint density at radius 3 is 2.69 bits per heavy atom. The molecule has 0 radical (unpaired) electrons. The zero-order valence-corrected chi connectivity index (χ0v) is 10.1. The molecule has 0 fully saturated rings. The van der Waals surface area contributed by atoms with Gasteiger partial charge < -0.3 is 5.73 Å². The molecule has 0 aliphatic rings. The first-order chi connectivity index (χ1) is 7.46. The van der Waals surface area contributed by atoms with Gasteiger partial charge in [-0.15, -0.1) is 0 Å². The molecule has 1 heterocycles. The third kappa shape index (κ3) is 2.39. The lowest BCUT2D eigenvalue weighted by atomic mass is 9.95. The molecule has 0 atom stereocenters. The molecule has 2 rings (SSSR count). The lowest BCUT2D eigenvalue weighted by Gasteiger charge is -2.18. The quantitative estimate of drug-likeness (QED) is 0.835. The van der Waals surface area contributed by atoms with Crippen molar-refractivity contribution >= 4 is 10.9 Å². The number of hydrogen-bond donors (Lipinski definition) is 1. The molecule has 0 aliphatic carbocycles. The van der Waals surface area contributed by atoms with Gasteiger partial charge >= 0.3 is 0 Å². The van der Waals surface area contributed by atoms with Gasteiger partial charge in [-0.2, -0.15) is 0 Å². The van der Waals surface area contributed by atoms with Crippen LogP contribution in [0.15, 0.2) is 30.5 Å². The predicted molar refractivity (Wildman–Crippen MR) is 68.5 cm³/mol. The summed E-state index contributed by atoms with van der Waals surface area (Å²) >= 11 is 0. The largest absolute Gasteiger partial charge is 0.325 e. The molecular weight excluding hydrogens is 196 g/mol. The predicted octanol–water partition coefficient (Wildman–Crippen LogP) is 2.82. The van der Waals surface area contributed by atoms with E-state index in [0.29, 0.717) is 0 Å². The molecule has 16 heavy (non-hydrogen) atoms. The zero-order valence-electron chi connectivity index (χ0n) is 10.1. The fraction of sp³-hybridized carbons (Fsp3) is 0.357. The Kier molecular flexibility index (Phi) is 2.68. The van der Waals surface area contributed by atoms with Crippen LogP contribution in [0.5, 0.6) is 0 Å². The summed E-state index contributed by atoms with van der Waals surface area (Å²) in [5.74, 6) is 0. The molecule has 0 aliphatic heterocycles. The first-order valence-electron chi connectivity index (χ1n) is 5.59. The van der Waals surface area contributed by atoms with Crippen molar-refractivity contribution < 1.29 is 0 Å². The van der Waals surface area contributed by atoms with Gasteiger partial charge in [-0.3, -0.25) is 4.98 Å². The smallest absolute Gasteiger partial charge is 0.0704 e. The Morgan fingerprint density at radius 2 is 2.00 bits per heavy atom. The van der Waals surface area contributed by atoms with Gasteiger partial charge in [0.1, 0.15) is 0 Å². The molecule has 0 saturated carbocycles. The van der Waals surface area contributed by atoms with Crippen LogP contribution in [0.2, 0.25) is 0 Å². The van der Waals surface area contributed by atoms with Crippen molar-refractivity contribution in [2.45, 2.75) is 32.7 Å². The average molecular weight is 214 g/mol. The van der Waals surface area contributed by atoms with Crippen LogP contribution < -0.4 is 5.73 Å². The van der Waals surface area contributed by atoms with E-state index in [1.807, 2.05) is 26.1 Å². The van der Waals surface area contributed by atoms with Gasteiger partial charge in [-0.05, 0) is 56.5 Å². The first kappa shape index (κ1) is 11.1. The standard InChI is InChI=1S/C14H18N2/c1-10-6-7-16-13-5-4-11(8-12(10)13)9-14(2,3)15/h4-8H,9,15H2,1-3H3. The average Bonchev–Trinajstić information content (AvgIpc) is 2.17. The van der Waals surface area contributed by atoms with Gasteiger partial charge in [-0.1, -0.05) is 6.07 Å². The minimum absolute atomic E-state index is 0.163. The molecule has 84 valence electrons. The molecule has 0 spiro atoms. The van der Waals surface area contributed by atoms with E-state index in [0.717, 1.165) is 11.9 Å². The Labute approximate surface area is 96.5 Å². The minimum atomic E-state index is -0.163. The summed E-state index contributed by atoms with van der Waals surface area (Å²) < 4.78 is 0. The van der Waals surface area contributed by atoms with Crippen LogP contribution in [0.3, 0.4) is 0 Å². The highest BCUT2D eigenvalue weighted by Crippen LogP contribution is 2.19. The van der Waals surface area contributed by atoms with E-state index in [1.54, 1.807) is 0 Å². The van der Waals surface area contributed by atoms with E-state index in [2.05, 4.69) is 30.1 Å². The Bertz CT molecular complexity index is 510. The van der Waals surface area contributed by atoms with Crippen molar-refractivity contribution in [2.24, 2.45) is 5.73 Å². The second kappa shape index (κ2) is 3.87. The number of aromatic nitrogens is 1. The normalized spacial score (nSPS) is 12.0. The topological polar surface area (TPSA) is 38.9 Å². The maximum absolute atomic E-state index is 6.03. The molecule has 1 aromatic carbocycles. The second-order valence-electron chi connectivity index (χ2n) is 5.14. The number of fused-ring (bicyclic) bond motifs is 1. The van der Waals surface area contributed by atoms with E-state index in [1.165, 1.54) is 16.5 Å². The van der Waals surface area contributed by atoms with Gasteiger partial charge in [0.25, 0.3) is 0 Å². The Hall–Kier alpha value is -1.41. The van der Waals surface area contributed by atoms with Crippen molar-refractivity contribution in [3.05, 3.63) is 41.6 Å². The van der Waals surface area contributed by atoms with E-state index in [4.69, 9.17) is 5.73 Å². The summed E-state index contributed by atoms with van der Waals surface area (Å²) in [7, 11) is 0. The van der Waals surface area contributed by atoms with Crippen LogP contribution in [0, 0.1) is 6.92 Å². The Morgan fingerprint density at radius 1 is 1.25 bits per heavy atom. The highest BCUT2D eigenvalue weighted by atomic mass is 14.7. The van der Waals surface area contributed by atoms with Crippen molar-refractivity contribution in [2.75, 3.05) is 0 Å². The number of nitrogens with two attached hydrogens (primary N) is 1. The highest BCUT2D eigenvalue weighted by molar-refractivity contribution is 5.82. The van der Waals surface area contributed by atoms with Crippen molar-refractivity contribution in [1.82, 2.24) is 4.98 Å². The molecule has 0 amide bonds. The number of nitrogens with zero attached hydrogens (tertiary/aromatic N) is 1. The summed E-state index contributed by atoms with van der Waals surface area (Å²) in [5.41, 5.74) is 9.46. The molecule has 0 bridgehead atoms. The third-order valence-electron chi connectivity index (χ3n) is 2.68. The second-order valence-corrected chi connectivity index (χ2v) is 5.14. The summed E-state index contributed by atoms with van der Waals surface area (Å²) in [5, 5.41) is 1.23.